The maximum absolute atomic E-state index is 15.0. The summed E-state index contributed by atoms with van der Waals surface area (Å²) in [6.45, 7) is 4.51. The van der Waals surface area contributed by atoms with Gasteiger partial charge in [-0.1, -0.05) is 0 Å². The molecular weight excluding hydrogens is 494 g/mol. The second-order valence-corrected chi connectivity index (χ2v) is 7.68. The SMILES string of the molecule is C=NN(/C=C\N)C[C@@H](CNc1cc(F)c(N2CCON(c3ccc([N+](=O)[O-])cn3)CC2)c(F)c1)OC=O. The Bertz CT molecular complexity index is 1100. The van der Waals surface area contributed by atoms with Crippen LogP contribution in [0.3, 0.4) is 0 Å². The highest BCUT2D eigenvalue weighted by atomic mass is 19.1. The molecule has 1 aliphatic heterocycles. The molecule has 37 heavy (non-hydrogen) atoms. The van der Waals surface area contributed by atoms with Crippen LogP contribution in [-0.4, -0.2) is 73.5 Å². The fourth-order valence-electron chi connectivity index (χ4n) is 3.60. The van der Waals surface area contributed by atoms with Crippen molar-refractivity contribution in [3.63, 3.8) is 0 Å². The molecule has 1 aromatic heterocycles. The second kappa shape index (κ2) is 13.0. The molecule has 0 spiro atoms. The molecule has 0 saturated carbocycles. The molecule has 3 rings (SSSR count). The molecule has 1 fully saturated rings. The summed E-state index contributed by atoms with van der Waals surface area (Å²) in [5, 5.41) is 20.1. The lowest BCUT2D eigenvalue weighted by Gasteiger charge is -2.24. The minimum absolute atomic E-state index is 0.0378. The number of hydroxylamine groups is 1. The average Bonchev–Trinajstić information content (AvgIpc) is 3.13. The number of aromatic nitrogens is 1. The Labute approximate surface area is 210 Å². The van der Waals surface area contributed by atoms with E-state index in [-0.39, 0.29) is 62.9 Å². The van der Waals surface area contributed by atoms with Gasteiger partial charge >= 0.3 is 0 Å². The van der Waals surface area contributed by atoms with E-state index in [1.165, 1.54) is 39.5 Å². The number of pyridine rings is 1. The number of hydrazone groups is 1. The zero-order valence-corrected chi connectivity index (χ0v) is 19.7. The number of benzene rings is 1. The van der Waals surface area contributed by atoms with Crippen molar-refractivity contribution in [3.8, 4) is 0 Å². The van der Waals surface area contributed by atoms with Crippen molar-refractivity contribution in [2.24, 2.45) is 10.8 Å². The number of rotatable bonds is 12. The van der Waals surface area contributed by atoms with E-state index in [1.807, 2.05) is 0 Å². The molecule has 1 saturated heterocycles. The third-order valence-electron chi connectivity index (χ3n) is 5.33. The molecule has 1 aliphatic rings. The maximum Gasteiger partial charge on any atom is 0.293 e. The number of nitrogens with zero attached hydrogens (tertiary/aromatic N) is 6. The second-order valence-electron chi connectivity index (χ2n) is 7.68. The highest BCUT2D eigenvalue weighted by Crippen LogP contribution is 2.28. The van der Waals surface area contributed by atoms with Crippen molar-refractivity contribution in [2.75, 3.05) is 54.6 Å². The first kappa shape index (κ1) is 27.1. The highest BCUT2D eigenvalue weighted by Gasteiger charge is 2.23. The van der Waals surface area contributed by atoms with Crippen LogP contribution >= 0.6 is 0 Å². The van der Waals surface area contributed by atoms with E-state index in [4.69, 9.17) is 15.3 Å². The van der Waals surface area contributed by atoms with Crippen LogP contribution in [0.4, 0.5) is 31.7 Å². The van der Waals surface area contributed by atoms with Gasteiger partial charge in [-0.25, -0.2) is 18.8 Å². The summed E-state index contributed by atoms with van der Waals surface area (Å²) in [6.07, 6.45) is 3.05. The fraction of sp³-hybridized carbons (Fsp3) is 0.318. The molecule has 13 nitrogen and oxygen atoms in total. The van der Waals surface area contributed by atoms with Crippen LogP contribution in [0, 0.1) is 21.7 Å². The lowest BCUT2D eigenvalue weighted by atomic mass is 10.2. The van der Waals surface area contributed by atoms with Crippen molar-refractivity contribution in [3.05, 3.63) is 64.6 Å². The van der Waals surface area contributed by atoms with Gasteiger partial charge in [0.25, 0.3) is 12.2 Å². The Morgan fingerprint density at radius 3 is 2.70 bits per heavy atom. The summed E-state index contributed by atoms with van der Waals surface area (Å²) < 4.78 is 35.0. The van der Waals surface area contributed by atoms with Crippen molar-refractivity contribution in [2.45, 2.75) is 6.10 Å². The molecule has 198 valence electrons. The van der Waals surface area contributed by atoms with Crippen molar-refractivity contribution < 1.29 is 28.1 Å². The molecule has 0 unspecified atom stereocenters. The van der Waals surface area contributed by atoms with Crippen LogP contribution < -0.4 is 21.0 Å². The average molecular weight is 520 g/mol. The molecule has 2 aromatic rings. The first-order valence-corrected chi connectivity index (χ1v) is 11.1. The summed E-state index contributed by atoms with van der Waals surface area (Å²) in [6, 6.07) is 5.01. The molecule has 2 heterocycles. The number of carbonyl (C=O) groups is 1. The summed E-state index contributed by atoms with van der Waals surface area (Å²) in [4.78, 5) is 32.2. The number of carbonyl (C=O) groups excluding carboxylic acids is 1. The van der Waals surface area contributed by atoms with Crippen LogP contribution in [0.15, 0.2) is 48.0 Å². The van der Waals surface area contributed by atoms with Crippen LogP contribution in [0.1, 0.15) is 0 Å². The topological polar surface area (TPSA) is 152 Å². The number of halogens is 2. The van der Waals surface area contributed by atoms with E-state index in [1.54, 1.807) is 0 Å². The van der Waals surface area contributed by atoms with Crippen molar-refractivity contribution in [1.82, 2.24) is 9.99 Å². The Kier molecular flexibility index (Phi) is 9.48. The quantitative estimate of drug-likeness (QED) is 0.182. The predicted molar refractivity (Wildman–Crippen MR) is 132 cm³/mol. The van der Waals surface area contributed by atoms with Crippen LogP contribution in [0.5, 0.6) is 0 Å². The molecule has 0 bridgehead atoms. The van der Waals surface area contributed by atoms with Crippen LogP contribution in [0.2, 0.25) is 0 Å². The number of nitrogens with one attached hydrogen (secondary N) is 1. The summed E-state index contributed by atoms with van der Waals surface area (Å²) in [5.74, 6) is -1.25. The molecule has 0 amide bonds. The molecule has 15 heteroatoms. The third kappa shape index (κ3) is 7.23. The van der Waals surface area contributed by atoms with E-state index in [0.29, 0.717) is 5.82 Å². The summed E-state index contributed by atoms with van der Waals surface area (Å²) in [7, 11) is 0. The third-order valence-corrected chi connectivity index (χ3v) is 5.33. The van der Waals surface area contributed by atoms with Gasteiger partial charge in [-0.3, -0.25) is 24.8 Å². The number of ether oxygens (including phenoxy) is 1. The molecule has 3 N–H and O–H groups in total. The zero-order chi connectivity index (χ0) is 26.8. The summed E-state index contributed by atoms with van der Waals surface area (Å²) in [5.41, 5.74) is 5.10. The van der Waals surface area contributed by atoms with E-state index in [2.05, 4.69) is 22.1 Å². The van der Waals surface area contributed by atoms with Gasteiger partial charge < -0.3 is 20.7 Å². The largest absolute Gasteiger partial charge is 0.461 e. The number of nitrogens with two attached hydrogens (primary N) is 1. The lowest BCUT2D eigenvalue weighted by molar-refractivity contribution is -0.385. The molecule has 1 atom stereocenters. The highest BCUT2D eigenvalue weighted by molar-refractivity contribution is 5.58. The number of hydrogen-bond donors (Lipinski definition) is 2. The fourth-order valence-corrected chi connectivity index (χ4v) is 3.60. The van der Waals surface area contributed by atoms with Gasteiger partial charge in [0.2, 0.25) is 0 Å². The number of hydrogen-bond acceptors (Lipinski definition) is 12. The molecular formula is C22H26F2N8O5. The van der Waals surface area contributed by atoms with Gasteiger partial charge in [-0.15, -0.1) is 0 Å². The Morgan fingerprint density at radius 1 is 1.35 bits per heavy atom. The van der Waals surface area contributed by atoms with Crippen molar-refractivity contribution in [1.29, 1.82) is 0 Å². The van der Waals surface area contributed by atoms with Crippen LogP contribution in [-0.2, 0) is 14.4 Å². The minimum Gasteiger partial charge on any atom is -0.461 e. The first-order chi connectivity index (χ1) is 17.9. The van der Waals surface area contributed by atoms with Crippen LogP contribution in [0.25, 0.3) is 0 Å². The van der Waals surface area contributed by atoms with E-state index in [0.717, 1.165) is 18.3 Å². The smallest absolute Gasteiger partial charge is 0.293 e. The Balaban J connectivity index is 1.66. The number of nitro groups is 1. The molecule has 0 aliphatic carbocycles. The molecule has 1 aromatic carbocycles. The standard InChI is InChI=1S/C22H26F2N8O5/c1-26-30(5-4-25)14-18(36-15-33)13-27-16-10-19(23)22(20(24)11-16)29-6-7-31(37-9-8-29)21-3-2-17(12-28-21)32(34)35/h2-5,10-12,15,18,27H,1,6-9,13-14,25H2/b5-4-/t18-/m1/s1. The van der Waals surface area contributed by atoms with Gasteiger partial charge in [0, 0.05) is 44.0 Å². The molecule has 0 radical (unpaired) electrons. The minimum atomic E-state index is -0.794. The maximum atomic E-state index is 15.0. The zero-order valence-electron chi connectivity index (χ0n) is 19.7. The number of anilines is 3. The normalized spacial score (nSPS) is 14.6. The van der Waals surface area contributed by atoms with E-state index in [9.17, 15) is 14.9 Å². The Hall–Kier alpha value is -4.53. The van der Waals surface area contributed by atoms with E-state index < -0.39 is 22.7 Å². The van der Waals surface area contributed by atoms with Gasteiger partial charge in [-0.05, 0) is 18.2 Å². The monoisotopic (exact) mass is 520 g/mol. The van der Waals surface area contributed by atoms with Crippen molar-refractivity contribution >= 4 is 36.1 Å². The van der Waals surface area contributed by atoms with E-state index >= 15 is 8.78 Å². The first-order valence-electron chi connectivity index (χ1n) is 11.1. The Morgan fingerprint density at radius 2 is 2.11 bits per heavy atom. The van der Waals surface area contributed by atoms with Gasteiger partial charge in [0.05, 0.1) is 31.2 Å². The summed E-state index contributed by atoms with van der Waals surface area (Å²) >= 11 is 0. The lowest BCUT2D eigenvalue weighted by Crippen LogP contribution is -2.33. The predicted octanol–water partition coefficient (Wildman–Crippen LogP) is 1.83. The van der Waals surface area contributed by atoms with Gasteiger partial charge in [-0.2, -0.15) is 5.10 Å². The van der Waals surface area contributed by atoms with Gasteiger partial charge in [0.1, 0.15) is 18.0 Å². The van der Waals surface area contributed by atoms with Gasteiger partial charge in [0.15, 0.2) is 17.5 Å².